The first-order chi connectivity index (χ1) is 8.79. The van der Waals surface area contributed by atoms with E-state index in [-0.39, 0.29) is 17.2 Å². The third kappa shape index (κ3) is 3.56. The molecule has 2 amide bonds. The molecule has 104 valence electrons. The summed E-state index contributed by atoms with van der Waals surface area (Å²) in [6, 6.07) is 8.48. The van der Waals surface area contributed by atoms with Crippen LogP contribution in [-0.2, 0) is 4.79 Å². The summed E-state index contributed by atoms with van der Waals surface area (Å²) in [7, 11) is 3.25. The second-order valence-electron chi connectivity index (χ2n) is 5.66. The SMILES string of the molecule is CNC(=O)[C@H](N(C)C(=O)c1ccccc1)C(C)(C)C. The van der Waals surface area contributed by atoms with Crippen LogP contribution in [0, 0.1) is 5.41 Å². The molecule has 0 unspecified atom stereocenters. The van der Waals surface area contributed by atoms with Gasteiger partial charge >= 0.3 is 0 Å². The van der Waals surface area contributed by atoms with Crippen LogP contribution in [0.5, 0.6) is 0 Å². The quantitative estimate of drug-likeness (QED) is 0.904. The molecule has 1 atom stereocenters. The van der Waals surface area contributed by atoms with Crippen LogP contribution in [0.25, 0.3) is 0 Å². The number of rotatable bonds is 3. The van der Waals surface area contributed by atoms with E-state index in [0.717, 1.165) is 0 Å². The number of hydrogen-bond acceptors (Lipinski definition) is 2. The average molecular weight is 262 g/mol. The molecular weight excluding hydrogens is 240 g/mol. The molecule has 1 aromatic rings. The number of carbonyl (C=O) groups is 2. The maximum atomic E-state index is 12.4. The van der Waals surface area contributed by atoms with E-state index in [1.165, 1.54) is 4.90 Å². The molecule has 19 heavy (non-hydrogen) atoms. The molecule has 0 radical (unpaired) electrons. The van der Waals surface area contributed by atoms with Crippen molar-refractivity contribution in [3.63, 3.8) is 0 Å². The Bertz CT molecular complexity index is 449. The van der Waals surface area contributed by atoms with Crippen molar-refractivity contribution >= 4 is 11.8 Å². The lowest BCUT2D eigenvalue weighted by atomic mass is 9.85. The third-order valence-electron chi connectivity index (χ3n) is 3.04. The van der Waals surface area contributed by atoms with Crippen molar-refractivity contribution in [3.8, 4) is 0 Å². The lowest BCUT2D eigenvalue weighted by Gasteiger charge is -2.36. The highest BCUT2D eigenvalue weighted by Gasteiger charge is 2.36. The van der Waals surface area contributed by atoms with Crippen molar-refractivity contribution < 1.29 is 9.59 Å². The van der Waals surface area contributed by atoms with E-state index < -0.39 is 6.04 Å². The molecule has 0 bridgehead atoms. The maximum absolute atomic E-state index is 12.4. The van der Waals surface area contributed by atoms with Gasteiger partial charge in [0.05, 0.1) is 0 Å². The highest BCUT2D eigenvalue weighted by molar-refractivity contribution is 5.97. The Morgan fingerprint density at radius 3 is 2.11 bits per heavy atom. The van der Waals surface area contributed by atoms with Crippen LogP contribution in [0.4, 0.5) is 0 Å². The van der Waals surface area contributed by atoms with Crippen LogP contribution in [0.3, 0.4) is 0 Å². The van der Waals surface area contributed by atoms with Gasteiger partial charge in [0.25, 0.3) is 5.91 Å². The van der Waals surface area contributed by atoms with Gasteiger partial charge in [-0.3, -0.25) is 9.59 Å². The highest BCUT2D eigenvalue weighted by Crippen LogP contribution is 2.25. The number of likely N-dealkylation sites (N-methyl/N-ethyl adjacent to an activating group) is 2. The Morgan fingerprint density at radius 2 is 1.68 bits per heavy atom. The van der Waals surface area contributed by atoms with Crippen molar-refractivity contribution in [2.75, 3.05) is 14.1 Å². The zero-order valence-electron chi connectivity index (χ0n) is 12.2. The molecule has 1 N–H and O–H groups in total. The van der Waals surface area contributed by atoms with Crippen molar-refractivity contribution in [2.45, 2.75) is 26.8 Å². The molecule has 0 aliphatic rings. The van der Waals surface area contributed by atoms with Gasteiger partial charge in [0, 0.05) is 19.7 Å². The van der Waals surface area contributed by atoms with E-state index in [9.17, 15) is 9.59 Å². The maximum Gasteiger partial charge on any atom is 0.254 e. The Labute approximate surface area is 114 Å². The van der Waals surface area contributed by atoms with Crippen molar-refractivity contribution in [3.05, 3.63) is 35.9 Å². The second kappa shape index (κ2) is 5.87. The molecule has 0 aliphatic heterocycles. The second-order valence-corrected chi connectivity index (χ2v) is 5.66. The van der Waals surface area contributed by atoms with Crippen LogP contribution in [0.15, 0.2) is 30.3 Å². The van der Waals surface area contributed by atoms with Crippen LogP contribution < -0.4 is 5.32 Å². The summed E-state index contributed by atoms with van der Waals surface area (Å²) in [6.45, 7) is 5.84. The van der Waals surface area contributed by atoms with Gasteiger partial charge in [-0.25, -0.2) is 0 Å². The van der Waals surface area contributed by atoms with Crippen molar-refractivity contribution in [1.29, 1.82) is 0 Å². The fourth-order valence-corrected chi connectivity index (χ4v) is 2.19. The molecule has 0 fully saturated rings. The molecular formula is C15H22N2O2. The molecule has 0 heterocycles. The van der Waals surface area contributed by atoms with Gasteiger partial charge in [-0.2, -0.15) is 0 Å². The van der Waals surface area contributed by atoms with Crippen LogP contribution in [0.1, 0.15) is 31.1 Å². The minimum absolute atomic E-state index is 0.149. The van der Waals surface area contributed by atoms with Crippen molar-refractivity contribution in [2.24, 2.45) is 5.41 Å². The number of hydrogen-bond donors (Lipinski definition) is 1. The van der Waals surface area contributed by atoms with E-state index >= 15 is 0 Å². The van der Waals surface area contributed by atoms with E-state index in [2.05, 4.69) is 5.32 Å². The van der Waals surface area contributed by atoms with Crippen LogP contribution in [0.2, 0.25) is 0 Å². The van der Waals surface area contributed by atoms with Crippen LogP contribution in [-0.4, -0.2) is 36.9 Å². The summed E-state index contributed by atoms with van der Waals surface area (Å²) in [5.74, 6) is -0.302. The van der Waals surface area contributed by atoms with E-state index in [1.54, 1.807) is 26.2 Å². The smallest absolute Gasteiger partial charge is 0.254 e. The average Bonchev–Trinajstić information content (AvgIpc) is 2.37. The van der Waals surface area contributed by atoms with E-state index in [0.29, 0.717) is 5.56 Å². The minimum atomic E-state index is -0.509. The predicted molar refractivity (Wildman–Crippen MR) is 75.8 cm³/mol. The largest absolute Gasteiger partial charge is 0.357 e. The fourth-order valence-electron chi connectivity index (χ4n) is 2.19. The zero-order chi connectivity index (χ0) is 14.6. The topological polar surface area (TPSA) is 49.4 Å². The van der Waals surface area contributed by atoms with Gasteiger partial charge in [-0.1, -0.05) is 39.0 Å². The first-order valence-corrected chi connectivity index (χ1v) is 6.33. The van der Waals surface area contributed by atoms with Crippen LogP contribution >= 0.6 is 0 Å². The summed E-state index contributed by atoms with van der Waals surface area (Å²) in [5, 5.41) is 2.63. The van der Waals surface area contributed by atoms with Crippen molar-refractivity contribution in [1.82, 2.24) is 10.2 Å². The first-order valence-electron chi connectivity index (χ1n) is 6.33. The number of amides is 2. The Morgan fingerprint density at radius 1 is 1.16 bits per heavy atom. The van der Waals surface area contributed by atoms with Gasteiger partial charge < -0.3 is 10.2 Å². The fraction of sp³-hybridized carbons (Fsp3) is 0.467. The molecule has 1 aromatic carbocycles. The highest BCUT2D eigenvalue weighted by atomic mass is 16.2. The summed E-state index contributed by atoms with van der Waals surface area (Å²) in [4.78, 5) is 25.9. The number of benzene rings is 1. The molecule has 0 aromatic heterocycles. The molecule has 4 nitrogen and oxygen atoms in total. The molecule has 0 spiro atoms. The molecule has 1 rings (SSSR count). The zero-order valence-corrected chi connectivity index (χ0v) is 12.2. The van der Waals surface area contributed by atoms with Gasteiger partial charge in [0.15, 0.2) is 0 Å². The Balaban J connectivity index is 3.04. The van der Waals surface area contributed by atoms with E-state index in [1.807, 2.05) is 39.0 Å². The first kappa shape index (κ1) is 15.2. The monoisotopic (exact) mass is 262 g/mol. The third-order valence-corrected chi connectivity index (χ3v) is 3.04. The molecule has 4 heteroatoms. The predicted octanol–water partition coefficient (Wildman–Crippen LogP) is 1.92. The molecule has 0 saturated carbocycles. The van der Waals surface area contributed by atoms with Gasteiger partial charge in [-0.05, 0) is 17.5 Å². The minimum Gasteiger partial charge on any atom is -0.357 e. The molecule has 0 aliphatic carbocycles. The summed E-state index contributed by atoms with van der Waals surface area (Å²) >= 11 is 0. The lowest BCUT2D eigenvalue weighted by Crippen LogP contribution is -2.53. The van der Waals surface area contributed by atoms with E-state index in [4.69, 9.17) is 0 Å². The number of nitrogens with zero attached hydrogens (tertiary/aromatic N) is 1. The van der Waals surface area contributed by atoms with Gasteiger partial charge in [-0.15, -0.1) is 0 Å². The Hall–Kier alpha value is -1.84. The standard InChI is InChI=1S/C15H22N2O2/c1-15(2,3)12(13(18)16-4)17(5)14(19)11-9-7-6-8-10-11/h6-10,12H,1-5H3,(H,16,18)/t12-/m0/s1. The number of nitrogens with one attached hydrogen (secondary N) is 1. The molecule has 0 saturated heterocycles. The summed E-state index contributed by atoms with van der Waals surface area (Å²) < 4.78 is 0. The normalized spacial score (nSPS) is 12.7. The lowest BCUT2D eigenvalue weighted by molar-refractivity contribution is -0.128. The van der Waals surface area contributed by atoms with Gasteiger partial charge in [0.2, 0.25) is 5.91 Å². The summed E-state index contributed by atoms with van der Waals surface area (Å²) in [5.41, 5.74) is 0.252. The number of carbonyl (C=O) groups excluding carboxylic acids is 2. The summed E-state index contributed by atoms with van der Waals surface area (Å²) in [6.07, 6.45) is 0. The van der Waals surface area contributed by atoms with Gasteiger partial charge in [0.1, 0.15) is 6.04 Å². The Kier molecular flexibility index (Phi) is 4.70.